The van der Waals surface area contributed by atoms with Crippen LogP contribution in [0.4, 0.5) is 10.5 Å². The molecule has 2 aromatic heterocycles. The molecule has 2 amide bonds. The summed E-state index contributed by atoms with van der Waals surface area (Å²) >= 11 is 0. The normalized spacial score (nSPS) is 14.6. The number of hydrogen-bond acceptors (Lipinski definition) is 4. The Morgan fingerprint density at radius 3 is 2.79 bits per heavy atom. The van der Waals surface area contributed by atoms with Gasteiger partial charge in [-0.25, -0.2) is 14.5 Å². The monoisotopic (exact) mass is 376 g/mol. The number of benzene rings is 1. The molecular weight excluding hydrogens is 352 g/mol. The molecule has 0 spiro atoms. The molecule has 1 aliphatic rings. The summed E-state index contributed by atoms with van der Waals surface area (Å²) in [7, 11) is 0. The molecule has 28 heavy (non-hydrogen) atoms. The molecule has 2 heterocycles. The molecule has 1 fully saturated rings. The average Bonchev–Trinajstić information content (AvgIpc) is 3.28. The van der Waals surface area contributed by atoms with Crippen LogP contribution in [0.1, 0.15) is 37.7 Å². The van der Waals surface area contributed by atoms with Gasteiger partial charge in [0.25, 0.3) is 0 Å². The lowest BCUT2D eigenvalue weighted by molar-refractivity contribution is 0.162. The van der Waals surface area contributed by atoms with Crippen molar-refractivity contribution < 1.29 is 4.79 Å². The van der Waals surface area contributed by atoms with Gasteiger partial charge < -0.3 is 10.2 Å². The largest absolute Gasteiger partial charge is 0.322 e. The smallest absolute Gasteiger partial charge is 0.317 e. The molecular formula is C21H24N6O. The van der Waals surface area contributed by atoms with E-state index in [0.29, 0.717) is 6.54 Å². The summed E-state index contributed by atoms with van der Waals surface area (Å²) in [5.74, 6) is 0. The van der Waals surface area contributed by atoms with Crippen LogP contribution in [-0.2, 0) is 6.54 Å². The number of amides is 2. The number of rotatable bonds is 5. The number of pyridine rings is 1. The Hall–Kier alpha value is -3.22. The lowest BCUT2D eigenvalue weighted by atomic mass is 9.94. The number of hydrogen-bond donors (Lipinski definition) is 1. The minimum atomic E-state index is -0.0773. The maximum Gasteiger partial charge on any atom is 0.322 e. The van der Waals surface area contributed by atoms with Crippen molar-refractivity contribution in [3.63, 3.8) is 0 Å². The Morgan fingerprint density at radius 1 is 1.14 bits per heavy atom. The van der Waals surface area contributed by atoms with E-state index in [1.807, 2.05) is 47.5 Å². The van der Waals surface area contributed by atoms with Crippen molar-refractivity contribution in [2.75, 3.05) is 5.32 Å². The fourth-order valence-electron chi connectivity index (χ4n) is 3.71. The fourth-order valence-corrected chi connectivity index (χ4v) is 3.71. The van der Waals surface area contributed by atoms with Gasteiger partial charge >= 0.3 is 6.03 Å². The van der Waals surface area contributed by atoms with Gasteiger partial charge in [-0.05, 0) is 42.7 Å². The summed E-state index contributed by atoms with van der Waals surface area (Å²) in [6, 6.07) is 11.7. The van der Waals surface area contributed by atoms with Crippen LogP contribution in [0.2, 0.25) is 0 Å². The topological polar surface area (TPSA) is 75.9 Å². The van der Waals surface area contributed by atoms with E-state index in [4.69, 9.17) is 0 Å². The van der Waals surface area contributed by atoms with E-state index in [9.17, 15) is 4.79 Å². The van der Waals surface area contributed by atoms with E-state index >= 15 is 0 Å². The summed E-state index contributed by atoms with van der Waals surface area (Å²) in [6.45, 7) is 0.563. The van der Waals surface area contributed by atoms with Crippen molar-refractivity contribution in [1.29, 1.82) is 0 Å². The van der Waals surface area contributed by atoms with Crippen LogP contribution in [0, 0.1) is 0 Å². The van der Waals surface area contributed by atoms with E-state index in [-0.39, 0.29) is 12.1 Å². The van der Waals surface area contributed by atoms with E-state index in [1.54, 1.807) is 17.2 Å². The third kappa shape index (κ3) is 4.36. The van der Waals surface area contributed by atoms with Gasteiger partial charge in [-0.1, -0.05) is 31.4 Å². The number of carbonyl (C=O) groups is 1. The highest BCUT2D eigenvalue weighted by molar-refractivity contribution is 5.89. The van der Waals surface area contributed by atoms with Crippen molar-refractivity contribution in [2.45, 2.75) is 44.7 Å². The first kappa shape index (κ1) is 18.2. The molecule has 0 saturated heterocycles. The van der Waals surface area contributed by atoms with Crippen LogP contribution in [0.15, 0.2) is 61.4 Å². The third-order valence-corrected chi connectivity index (χ3v) is 5.13. The van der Waals surface area contributed by atoms with Crippen molar-refractivity contribution in [1.82, 2.24) is 24.6 Å². The second-order valence-electron chi connectivity index (χ2n) is 7.10. The molecule has 0 radical (unpaired) electrons. The molecule has 0 unspecified atom stereocenters. The van der Waals surface area contributed by atoms with Crippen molar-refractivity contribution in [3.8, 4) is 5.69 Å². The molecule has 0 aliphatic heterocycles. The predicted octanol–water partition coefficient (Wildman–Crippen LogP) is 4.03. The summed E-state index contributed by atoms with van der Waals surface area (Å²) < 4.78 is 1.67. The molecule has 1 N–H and O–H groups in total. The van der Waals surface area contributed by atoms with Gasteiger partial charge in [-0.15, -0.1) is 0 Å². The first-order valence-corrected chi connectivity index (χ1v) is 9.71. The first-order chi connectivity index (χ1) is 13.8. The lowest BCUT2D eigenvalue weighted by Gasteiger charge is -2.34. The lowest BCUT2D eigenvalue weighted by Crippen LogP contribution is -2.43. The minimum absolute atomic E-state index is 0.0773. The average molecular weight is 376 g/mol. The fraction of sp³-hybridized carbons (Fsp3) is 0.333. The van der Waals surface area contributed by atoms with Crippen LogP contribution in [0.5, 0.6) is 0 Å². The van der Waals surface area contributed by atoms with E-state index in [1.165, 1.54) is 25.6 Å². The molecule has 144 valence electrons. The van der Waals surface area contributed by atoms with Crippen LogP contribution >= 0.6 is 0 Å². The molecule has 3 aromatic rings. The Bertz CT molecular complexity index is 890. The van der Waals surface area contributed by atoms with Crippen LogP contribution < -0.4 is 5.32 Å². The number of urea groups is 1. The number of nitrogens with one attached hydrogen (secondary N) is 1. The Labute approximate surface area is 164 Å². The van der Waals surface area contributed by atoms with E-state index in [0.717, 1.165) is 29.8 Å². The summed E-state index contributed by atoms with van der Waals surface area (Å²) in [4.78, 5) is 23.3. The van der Waals surface area contributed by atoms with Gasteiger partial charge in [0.15, 0.2) is 0 Å². The zero-order chi connectivity index (χ0) is 19.2. The predicted molar refractivity (Wildman–Crippen MR) is 107 cm³/mol. The van der Waals surface area contributed by atoms with Gasteiger partial charge in [0.05, 0.1) is 5.69 Å². The van der Waals surface area contributed by atoms with Crippen LogP contribution in [0.25, 0.3) is 5.69 Å². The second-order valence-corrected chi connectivity index (χ2v) is 7.10. The number of carbonyl (C=O) groups excluding carboxylic acids is 1. The summed E-state index contributed by atoms with van der Waals surface area (Å²) in [5.41, 5.74) is 2.64. The van der Waals surface area contributed by atoms with E-state index in [2.05, 4.69) is 20.4 Å². The second kappa shape index (κ2) is 8.65. The standard InChI is InChI=1S/C21H24N6O/c28-21(25-18-7-4-10-20(12-18)27-16-23-15-24-27)26(19-8-2-1-3-9-19)14-17-6-5-11-22-13-17/h4-7,10-13,15-16,19H,1-3,8-9,14H2,(H,25,28). The maximum absolute atomic E-state index is 13.2. The molecule has 7 heteroatoms. The van der Waals surface area contributed by atoms with Crippen LogP contribution in [0.3, 0.4) is 0 Å². The molecule has 0 bridgehead atoms. The van der Waals surface area contributed by atoms with Gasteiger partial charge in [0.2, 0.25) is 0 Å². The van der Waals surface area contributed by atoms with Crippen LogP contribution in [-0.4, -0.2) is 36.7 Å². The molecule has 7 nitrogen and oxygen atoms in total. The third-order valence-electron chi connectivity index (χ3n) is 5.13. The molecule has 1 aliphatic carbocycles. The van der Waals surface area contributed by atoms with Crippen molar-refractivity contribution >= 4 is 11.7 Å². The Balaban J connectivity index is 1.52. The van der Waals surface area contributed by atoms with Gasteiger partial charge in [-0.2, -0.15) is 5.10 Å². The molecule has 4 rings (SSSR count). The zero-order valence-electron chi connectivity index (χ0n) is 15.7. The Morgan fingerprint density at radius 2 is 2.04 bits per heavy atom. The van der Waals surface area contributed by atoms with Crippen molar-refractivity contribution in [2.24, 2.45) is 0 Å². The number of aromatic nitrogens is 4. The summed E-state index contributed by atoms with van der Waals surface area (Å²) in [5, 5.41) is 7.21. The number of nitrogens with zero attached hydrogens (tertiary/aromatic N) is 5. The maximum atomic E-state index is 13.2. The molecule has 0 atom stereocenters. The van der Waals surface area contributed by atoms with Crippen molar-refractivity contribution in [3.05, 3.63) is 67.0 Å². The number of anilines is 1. The van der Waals surface area contributed by atoms with E-state index < -0.39 is 0 Å². The zero-order valence-corrected chi connectivity index (χ0v) is 15.7. The highest BCUT2D eigenvalue weighted by atomic mass is 16.2. The SMILES string of the molecule is O=C(Nc1cccc(-n2cncn2)c1)N(Cc1cccnc1)C1CCCCC1. The highest BCUT2D eigenvalue weighted by Crippen LogP contribution is 2.25. The molecule has 1 aromatic carbocycles. The first-order valence-electron chi connectivity index (χ1n) is 9.71. The van der Waals surface area contributed by atoms with Gasteiger partial charge in [-0.3, -0.25) is 4.98 Å². The summed E-state index contributed by atoms with van der Waals surface area (Å²) in [6.07, 6.45) is 12.4. The highest BCUT2D eigenvalue weighted by Gasteiger charge is 2.25. The quantitative estimate of drug-likeness (QED) is 0.729. The Kier molecular flexibility index (Phi) is 5.61. The minimum Gasteiger partial charge on any atom is -0.317 e. The molecule has 1 saturated carbocycles. The van der Waals surface area contributed by atoms with Gasteiger partial charge in [0.1, 0.15) is 12.7 Å². The van der Waals surface area contributed by atoms with Gasteiger partial charge in [0, 0.05) is 30.7 Å².